The first kappa shape index (κ1) is 78.8. The van der Waals surface area contributed by atoms with Crippen LogP contribution in [0.3, 0.4) is 0 Å². The van der Waals surface area contributed by atoms with Crippen molar-refractivity contribution in [3.8, 4) is 11.5 Å². The quantitative estimate of drug-likeness (QED) is 0.0181. The van der Waals surface area contributed by atoms with E-state index >= 15 is 0 Å². The van der Waals surface area contributed by atoms with Gasteiger partial charge < -0.3 is 49.4 Å². The Balaban J connectivity index is 0.000000258. The fourth-order valence-electron chi connectivity index (χ4n) is 9.86. The number of halogens is 4. The molecule has 2 saturated carbocycles. The number of carbonyl (C=O) groups is 4. The molecule has 6 aromatic rings. The van der Waals surface area contributed by atoms with Gasteiger partial charge in [-0.2, -0.15) is 0 Å². The van der Waals surface area contributed by atoms with E-state index in [1.807, 2.05) is 50.2 Å². The van der Waals surface area contributed by atoms with Gasteiger partial charge in [-0.1, -0.05) is 102 Å². The first-order chi connectivity index (χ1) is 43.2. The van der Waals surface area contributed by atoms with E-state index in [0.717, 1.165) is 62.6 Å². The highest BCUT2D eigenvalue weighted by atomic mass is 33.2. The number of hydrogen-bond donors (Lipinski definition) is 4. The van der Waals surface area contributed by atoms with E-state index in [1.165, 1.54) is 18.3 Å². The smallest absolute Gasteiger partial charge is 0.378 e. The van der Waals surface area contributed by atoms with Gasteiger partial charge in [0.15, 0.2) is 23.0 Å². The molecule has 10 atom stereocenters. The number of Topliss-reactive ketones (excluding diaryl/α,β-unsaturated/α-hetero) is 2. The number of aryl methyl sites for hydroxylation is 2. The van der Waals surface area contributed by atoms with Crippen LogP contribution in [-0.4, -0.2) is 93.7 Å². The van der Waals surface area contributed by atoms with Crippen molar-refractivity contribution in [1.82, 2.24) is 14.8 Å². The Bertz CT molecular complexity index is 3590. The summed E-state index contributed by atoms with van der Waals surface area (Å²) in [6.45, 7) is 11.5. The molecule has 6 unspecified atom stereocenters. The highest BCUT2D eigenvalue weighted by Crippen LogP contribution is 3.04. The minimum Gasteiger partial charge on any atom is -0.483 e. The molecule has 92 heavy (non-hydrogen) atoms. The molecule has 9 rings (SSSR count). The number of aliphatic hydroxyl groups is 2. The molecule has 2 fully saturated rings. The van der Waals surface area contributed by atoms with E-state index in [4.69, 9.17) is 29.5 Å². The lowest BCUT2D eigenvalue weighted by atomic mass is 9.99. The summed E-state index contributed by atoms with van der Waals surface area (Å²) in [5.74, 6) is -6.39. The van der Waals surface area contributed by atoms with Crippen LogP contribution < -0.4 is 31.4 Å². The number of nitrogens with two attached hydrogens (primary N) is 1. The maximum atomic E-state index is 14.2. The molecule has 0 saturated heterocycles. The summed E-state index contributed by atoms with van der Waals surface area (Å²) in [7, 11) is 15.6. The molecule has 29 heteroatoms. The summed E-state index contributed by atoms with van der Waals surface area (Å²) in [6, 6.07) is 24.5. The number of ether oxygens (including phenoxy) is 3. The summed E-state index contributed by atoms with van der Waals surface area (Å²) in [5, 5.41) is 22.1. The van der Waals surface area contributed by atoms with Gasteiger partial charge in [0.05, 0.1) is 17.7 Å². The monoisotopic (exact) mass is 1440 g/mol. The van der Waals surface area contributed by atoms with Crippen LogP contribution >= 0.6 is 73.6 Å². The molecule has 2 aromatic heterocycles. The lowest BCUT2D eigenvalue weighted by Crippen LogP contribution is -2.52. The lowest BCUT2D eigenvalue weighted by Gasteiger charge is -2.40. The molecule has 0 bridgehead atoms. The van der Waals surface area contributed by atoms with Crippen LogP contribution in [0.2, 0.25) is 0 Å². The van der Waals surface area contributed by atoms with Gasteiger partial charge in [-0.15, -0.1) is 44.6 Å². The van der Waals surface area contributed by atoms with Crippen molar-refractivity contribution in [1.29, 1.82) is 0 Å². The van der Waals surface area contributed by atoms with E-state index < -0.39 is 68.7 Å². The maximum Gasteiger partial charge on any atom is 0.378 e. The predicted octanol–water partition coefficient (Wildman–Crippen LogP) is 13.7. The van der Waals surface area contributed by atoms with Crippen LogP contribution in [0, 0.1) is 35.1 Å². The minimum absolute atomic E-state index is 0. The van der Waals surface area contributed by atoms with Crippen molar-refractivity contribution in [2.45, 2.75) is 117 Å². The van der Waals surface area contributed by atoms with Gasteiger partial charge in [-0.3, -0.25) is 24.0 Å². The number of rotatable bonds is 25. The van der Waals surface area contributed by atoms with Crippen LogP contribution in [0.25, 0.3) is 0 Å². The Labute approximate surface area is 551 Å². The lowest BCUT2D eigenvalue weighted by molar-refractivity contribution is 0.0476. The number of benzene rings is 4. The van der Waals surface area contributed by atoms with Gasteiger partial charge in [-0.25, -0.2) is 22.4 Å². The summed E-state index contributed by atoms with van der Waals surface area (Å²) in [4.78, 5) is 80.2. The summed E-state index contributed by atoms with van der Waals surface area (Å²) in [5.41, 5.74) is 4.95. The highest BCUT2D eigenvalue weighted by molar-refractivity contribution is 9.10. The zero-order valence-corrected chi connectivity index (χ0v) is 60.5. The van der Waals surface area contributed by atoms with Gasteiger partial charge in [0.1, 0.15) is 48.3 Å². The number of aliphatic hydroxyl groups excluding tert-OH is 2. The second kappa shape index (κ2) is 37.0. The number of hydrogen-bond acceptors (Lipinski definition) is 14. The minimum atomic E-state index is -0.903. The van der Waals surface area contributed by atoms with Gasteiger partial charge in [-0.05, 0) is 102 Å². The molecule has 2 aliphatic carbocycles. The van der Waals surface area contributed by atoms with Crippen LogP contribution in [0.15, 0.2) is 124 Å². The maximum absolute atomic E-state index is 14.2. The Morgan fingerprint density at radius 2 is 1.25 bits per heavy atom. The standard InChI is InChI=1S/C30H30F2N2O5.C24H20F2O6.C8H18N2O.CH4.H11P9/c1-18(2)33-17-30(13-21(30)15-35)34-14-23(25(36)11-9-20-8-10-22(31)12-24(20)32)27(37)28(26(34)29(33)38)39-16-19-6-4-3-5-7-19;1-2-30-24(29)23-22(31-13-15-6-4-3-5-7-15)21(28)18(14-32-23)20(27)11-9-16-8-10-17(25)12-19(16)26;1-6(2)10-5-8(9)3-7(8)4-11;;1-6-9(7(2)3)8(4)5/h3-8,10,12,14,18,21,35H,9,11,13,15-17H2,1-2H3;3-8,10,12,14H,2,9,11,13H2,1H3;6-7,10-11H,3-5,9H2,1-2H3;1H4;6H,1-5H2/t21-,30-;;7-,8-;;/m0.0../s1. The van der Waals surface area contributed by atoms with Crippen molar-refractivity contribution < 1.29 is 65.6 Å². The topological polar surface area (TPSA) is 230 Å². The van der Waals surface area contributed by atoms with Gasteiger partial charge in [0.25, 0.3) is 11.7 Å². The first-order valence-electron chi connectivity index (χ1n) is 29.0. The third-order valence-electron chi connectivity index (χ3n) is 15.2. The van der Waals surface area contributed by atoms with Gasteiger partial charge in [0, 0.05) is 86.9 Å². The number of fused-ring (bicyclic) bond motifs is 2. The molecule has 3 heterocycles. The predicted molar refractivity (Wildman–Crippen MR) is 380 cm³/mol. The molecule has 500 valence electrons. The number of pyridine rings is 1. The van der Waals surface area contributed by atoms with Crippen LogP contribution in [0.4, 0.5) is 17.6 Å². The second-order valence-corrected chi connectivity index (χ2v) is 53.0. The van der Waals surface area contributed by atoms with Gasteiger partial charge in [0.2, 0.25) is 16.6 Å². The Morgan fingerprint density at radius 1 is 0.750 bits per heavy atom. The number of amides is 1. The molecule has 1 spiro atoms. The van der Waals surface area contributed by atoms with Crippen molar-refractivity contribution in [2.75, 3.05) is 32.9 Å². The van der Waals surface area contributed by atoms with Crippen molar-refractivity contribution in [3.63, 3.8) is 0 Å². The average molecular weight is 1440 g/mol. The van der Waals surface area contributed by atoms with Gasteiger partial charge >= 0.3 is 5.97 Å². The first-order valence-corrected chi connectivity index (χ1v) is 44.6. The zero-order valence-electron chi connectivity index (χ0n) is 51.1. The molecule has 3 aliphatic rings. The number of esters is 1. The summed E-state index contributed by atoms with van der Waals surface area (Å²) >= 11 is 0. The van der Waals surface area contributed by atoms with Crippen molar-refractivity contribution >= 4 is 97.0 Å². The van der Waals surface area contributed by atoms with E-state index in [2.05, 4.69) is 63.8 Å². The highest BCUT2D eigenvalue weighted by Gasteiger charge is 2.61. The molecule has 0 radical (unpaired) electrons. The van der Waals surface area contributed by atoms with Crippen LogP contribution in [0.5, 0.6) is 11.5 Å². The van der Waals surface area contributed by atoms with E-state index in [1.54, 1.807) is 40.7 Å². The van der Waals surface area contributed by atoms with Crippen LogP contribution in [0.1, 0.15) is 132 Å². The third kappa shape index (κ3) is 21.3. The van der Waals surface area contributed by atoms with Crippen molar-refractivity contribution in [3.05, 3.63) is 198 Å². The number of carbonyl (C=O) groups excluding carboxylic acids is 4. The summed E-state index contributed by atoms with van der Waals surface area (Å²) in [6.07, 6.45) is 3.30. The summed E-state index contributed by atoms with van der Waals surface area (Å²) < 4.78 is 77.7. The number of nitrogens with one attached hydrogen (secondary N) is 1. The number of ketones is 2. The Hall–Kier alpha value is -3.91. The molecular weight excluding hydrogens is 1360 g/mol. The van der Waals surface area contributed by atoms with Crippen molar-refractivity contribution in [2.24, 2.45) is 17.6 Å². The Morgan fingerprint density at radius 3 is 1.67 bits per heavy atom. The number of nitrogens with zero attached hydrogens (tertiary/aromatic N) is 2. The third-order valence-corrected chi connectivity index (χ3v) is 59.5. The fourth-order valence-corrected chi connectivity index (χ4v) is 71.0. The molecule has 16 nitrogen and oxygen atoms in total. The zero-order chi connectivity index (χ0) is 66.9. The molecule has 4 aromatic carbocycles. The average Bonchev–Trinajstić information content (AvgIpc) is 1.51. The van der Waals surface area contributed by atoms with E-state index in [9.17, 15) is 51.4 Å². The molecule has 5 N–H and O–H groups in total. The normalized spacial score (nSPS) is 17.8. The molecular formula is C63H83F4N4O12P9. The van der Waals surface area contributed by atoms with Crippen LogP contribution in [-0.2, 0) is 36.3 Å². The number of aromatic nitrogens is 1. The molecule has 1 amide bonds. The largest absolute Gasteiger partial charge is 0.483 e. The van der Waals surface area contributed by atoms with E-state index in [0.29, 0.717) is 31.9 Å². The SMILES string of the molecule is C.CC(C)N1C[C@]2(C[C@H]2CO)n2cc(C(=O)CCc3ccc(F)cc3F)c(=O)c(OCc3ccccc3)c2C1=O.CC(C)NC[C@@]1(N)C[C@H]1CO.CCOC(=O)c1occ(C(=O)CCc2ccc(F)cc2F)c(=O)c1OCc1ccccc1.PPP(P(P)P)P(P)P. The fraction of sp³-hybridized carbons (Fsp3) is 0.397. The Kier molecular flexibility index (Phi) is 31.7. The van der Waals surface area contributed by atoms with E-state index in [-0.39, 0.29) is 137 Å². The molecule has 1 aliphatic heterocycles. The second-order valence-electron chi connectivity index (χ2n) is 22.4.